The molecule has 0 saturated heterocycles. The van der Waals surface area contributed by atoms with Gasteiger partial charge in [0.1, 0.15) is 5.82 Å². The highest BCUT2D eigenvalue weighted by molar-refractivity contribution is 9.10. The van der Waals surface area contributed by atoms with Crippen LogP contribution in [0.25, 0.3) is 0 Å². The van der Waals surface area contributed by atoms with Crippen LogP contribution in [0.2, 0.25) is 0 Å². The number of rotatable bonds is 4. The molecule has 1 nitrogen and oxygen atoms in total. The highest BCUT2D eigenvalue weighted by Crippen LogP contribution is 2.18. The van der Waals surface area contributed by atoms with Crippen molar-refractivity contribution in [2.45, 2.75) is 19.8 Å². The fourth-order valence-corrected chi connectivity index (χ4v) is 1.64. The standard InChI is InChI=1S/C11H14BrFO/c1-8(7-14)2-3-9-6-10(12)4-5-11(9)13/h4-6,8,14H,2-3,7H2,1H3. The third kappa shape index (κ3) is 3.39. The maximum Gasteiger partial charge on any atom is 0.126 e. The van der Waals surface area contributed by atoms with Crippen LogP contribution >= 0.6 is 15.9 Å². The zero-order valence-corrected chi connectivity index (χ0v) is 9.72. The van der Waals surface area contributed by atoms with Gasteiger partial charge in [0.2, 0.25) is 0 Å². The van der Waals surface area contributed by atoms with Crippen LogP contribution in [0.4, 0.5) is 4.39 Å². The number of hydrogen-bond donors (Lipinski definition) is 1. The summed E-state index contributed by atoms with van der Waals surface area (Å²) in [4.78, 5) is 0. The molecule has 0 aliphatic heterocycles. The van der Waals surface area contributed by atoms with E-state index < -0.39 is 0 Å². The Morgan fingerprint density at radius 3 is 2.86 bits per heavy atom. The van der Waals surface area contributed by atoms with Crippen LogP contribution in [-0.4, -0.2) is 11.7 Å². The van der Waals surface area contributed by atoms with E-state index in [1.807, 2.05) is 6.92 Å². The molecule has 0 aliphatic rings. The Morgan fingerprint density at radius 1 is 1.50 bits per heavy atom. The molecule has 14 heavy (non-hydrogen) atoms. The Morgan fingerprint density at radius 2 is 2.21 bits per heavy atom. The lowest BCUT2D eigenvalue weighted by molar-refractivity contribution is 0.230. The van der Waals surface area contributed by atoms with Crippen LogP contribution < -0.4 is 0 Å². The second-order valence-corrected chi connectivity index (χ2v) is 4.48. The molecule has 0 amide bonds. The van der Waals surface area contributed by atoms with Gasteiger partial charge in [0, 0.05) is 11.1 Å². The minimum absolute atomic E-state index is 0.162. The Balaban J connectivity index is 2.62. The van der Waals surface area contributed by atoms with Crippen LogP contribution in [0.15, 0.2) is 22.7 Å². The monoisotopic (exact) mass is 260 g/mol. The van der Waals surface area contributed by atoms with Gasteiger partial charge in [-0.25, -0.2) is 4.39 Å². The molecule has 0 heterocycles. The highest BCUT2D eigenvalue weighted by Gasteiger charge is 2.05. The normalized spacial score (nSPS) is 12.9. The molecular weight excluding hydrogens is 247 g/mol. The van der Waals surface area contributed by atoms with Gasteiger partial charge in [-0.1, -0.05) is 22.9 Å². The maximum absolute atomic E-state index is 13.2. The minimum atomic E-state index is -0.168. The first-order valence-electron chi connectivity index (χ1n) is 4.68. The first kappa shape index (κ1) is 11.7. The lowest BCUT2D eigenvalue weighted by Gasteiger charge is -2.08. The van der Waals surface area contributed by atoms with Crippen molar-refractivity contribution in [1.29, 1.82) is 0 Å². The topological polar surface area (TPSA) is 20.2 Å². The van der Waals surface area contributed by atoms with Gasteiger partial charge >= 0.3 is 0 Å². The Hall–Kier alpha value is -0.410. The quantitative estimate of drug-likeness (QED) is 0.882. The van der Waals surface area contributed by atoms with E-state index in [-0.39, 0.29) is 18.3 Å². The average Bonchev–Trinajstić information content (AvgIpc) is 2.19. The Kier molecular flexibility index (Phi) is 4.55. The van der Waals surface area contributed by atoms with Gasteiger partial charge in [-0.3, -0.25) is 0 Å². The number of aliphatic hydroxyl groups excluding tert-OH is 1. The van der Waals surface area contributed by atoms with Crippen molar-refractivity contribution in [1.82, 2.24) is 0 Å². The maximum atomic E-state index is 13.2. The molecular formula is C11H14BrFO. The summed E-state index contributed by atoms with van der Waals surface area (Å²) in [5.41, 5.74) is 0.708. The molecule has 0 fully saturated rings. The highest BCUT2D eigenvalue weighted by atomic mass is 79.9. The largest absolute Gasteiger partial charge is 0.396 e. The number of hydrogen-bond acceptors (Lipinski definition) is 1. The van der Waals surface area contributed by atoms with Gasteiger partial charge in [0.15, 0.2) is 0 Å². The van der Waals surface area contributed by atoms with Crippen molar-refractivity contribution in [3.8, 4) is 0 Å². The lowest BCUT2D eigenvalue weighted by Crippen LogP contribution is -2.03. The third-order valence-electron chi connectivity index (χ3n) is 2.23. The zero-order valence-electron chi connectivity index (χ0n) is 8.13. The Labute approximate surface area is 92.1 Å². The van der Waals surface area contributed by atoms with Gasteiger partial charge in [-0.2, -0.15) is 0 Å². The van der Waals surface area contributed by atoms with E-state index in [9.17, 15) is 4.39 Å². The fourth-order valence-electron chi connectivity index (χ4n) is 1.23. The number of aryl methyl sites for hydroxylation is 1. The fraction of sp³-hybridized carbons (Fsp3) is 0.455. The minimum Gasteiger partial charge on any atom is -0.396 e. The number of halogens is 2. The van der Waals surface area contributed by atoms with Crippen molar-refractivity contribution in [2.24, 2.45) is 5.92 Å². The van der Waals surface area contributed by atoms with E-state index in [4.69, 9.17) is 5.11 Å². The summed E-state index contributed by atoms with van der Waals surface area (Å²) < 4.78 is 14.1. The first-order valence-corrected chi connectivity index (χ1v) is 5.47. The van der Waals surface area contributed by atoms with Crippen molar-refractivity contribution >= 4 is 15.9 Å². The van der Waals surface area contributed by atoms with Crippen LogP contribution in [0.1, 0.15) is 18.9 Å². The molecule has 0 saturated carbocycles. The van der Waals surface area contributed by atoms with Crippen molar-refractivity contribution in [2.75, 3.05) is 6.61 Å². The first-order chi connectivity index (χ1) is 6.63. The summed E-state index contributed by atoms with van der Waals surface area (Å²) in [6, 6.07) is 4.94. The second kappa shape index (κ2) is 5.47. The molecule has 0 bridgehead atoms. The molecule has 0 aliphatic carbocycles. The van der Waals surface area contributed by atoms with E-state index in [1.54, 1.807) is 12.1 Å². The molecule has 0 aromatic heterocycles. The second-order valence-electron chi connectivity index (χ2n) is 3.56. The van der Waals surface area contributed by atoms with Gasteiger partial charge in [-0.15, -0.1) is 0 Å². The molecule has 1 unspecified atom stereocenters. The smallest absolute Gasteiger partial charge is 0.126 e. The summed E-state index contributed by atoms with van der Waals surface area (Å²) in [5, 5.41) is 8.83. The van der Waals surface area contributed by atoms with Crippen LogP contribution in [0.3, 0.4) is 0 Å². The third-order valence-corrected chi connectivity index (χ3v) is 2.72. The molecule has 1 aromatic carbocycles. The molecule has 3 heteroatoms. The van der Waals surface area contributed by atoms with Crippen molar-refractivity contribution in [3.05, 3.63) is 34.1 Å². The van der Waals surface area contributed by atoms with Crippen LogP contribution in [0.5, 0.6) is 0 Å². The van der Waals surface area contributed by atoms with Gasteiger partial charge in [-0.05, 0) is 42.5 Å². The summed E-state index contributed by atoms with van der Waals surface area (Å²) in [7, 11) is 0. The predicted octanol–water partition coefficient (Wildman–Crippen LogP) is 3.15. The molecule has 0 radical (unpaired) electrons. The van der Waals surface area contributed by atoms with E-state index >= 15 is 0 Å². The van der Waals surface area contributed by atoms with Gasteiger partial charge in [0.05, 0.1) is 0 Å². The molecule has 1 N–H and O–H groups in total. The average molecular weight is 261 g/mol. The molecule has 1 rings (SSSR count). The number of aliphatic hydroxyl groups is 1. The zero-order chi connectivity index (χ0) is 10.6. The summed E-state index contributed by atoms with van der Waals surface area (Å²) in [6.07, 6.45) is 1.48. The molecule has 78 valence electrons. The molecule has 1 atom stereocenters. The summed E-state index contributed by atoms with van der Waals surface area (Å²) in [6.45, 7) is 2.12. The van der Waals surface area contributed by atoms with Gasteiger partial charge < -0.3 is 5.11 Å². The van der Waals surface area contributed by atoms with E-state index in [1.165, 1.54) is 6.07 Å². The van der Waals surface area contributed by atoms with E-state index in [2.05, 4.69) is 15.9 Å². The predicted molar refractivity (Wildman–Crippen MR) is 58.7 cm³/mol. The van der Waals surface area contributed by atoms with Crippen LogP contribution in [0, 0.1) is 11.7 Å². The summed E-state index contributed by atoms with van der Waals surface area (Å²) >= 11 is 3.30. The van der Waals surface area contributed by atoms with E-state index in [0.29, 0.717) is 12.0 Å². The van der Waals surface area contributed by atoms with Crippen molar-refractivity contribution < 1.29 is 9.50 Å². The SMILES string of the molecule is CC(CO)CCc1cc(Br)ccc1F. The molecule has 0 spiro atoms. The van der Waals surface area contributed by atoms with Crippen molar-refractivity contribution in [3.63, 3.8) is 0 Å². The molecule has 1 aromatic rings. The number of benzene rings is 1. The van der Waals surface area contributed by atoms with Gasteiger partial charge in [0.25, 0.3) is 0 Å². The lowest BCUT2D eigenvalue weighted by atomic mass is 10.0. The summed E-state index contributed by atoms with van der Waals surface area (Å²) in [5.74, 6) is 0.0618. The van der Waals surface area contributed by atoms with Crippen LogP contribution in [-0.2, 0) is 6.42 Å². The van der Waals surface area contributed by atoms with E-state index in [0.717, 1.165) is 10.9 Å². The Bertz CT molecular complexity index is 301.